The lowest BCUT2D eigenvalue weighted by Crippen LogP contribution is -2.44. The van der Waals surface area contributed by atoms with Crippen LogP contribution in [-0.4, -0.2) is 47.6 Å². The first kappa shape index (κ1) is 23.6. The first-order valence-electron chi connectivity index (χ1n) is 10.4. The number of guanidine groups is 1. The molecule has 0 aliphatic carbocycles. The molecule has 6 heteroatoms. The monoisotopic (exact) mass is 507 g/mol. The van der Waals surface area contributed by atoms with Crippen LogP contribution < -0.4 is 10.6 Å². The molecule has 1 saturated heterocycles. The highest BCUT2D eigenvalue weighted by molar-refractivity contribution is 14.0. The van der Waals surface area contributed by atoms with E-state index in [1.165, 1.54) is 11.1 Å². The fourth-order valence-corrected chi connectivity index (χ4v) is 3.70. The van der Waals surface area contributed by atoms with Crippen molar-refractivity contribution in [2.75, 3.05) is 19.6 Å². The van der Waals surface area contributed by atoms with Crippen LogP contribution in [0.5, 0.6) is 0 Å². The minimum absolute atomic E-state index is 0. The Hall–Kier alpha value is -1.67. The topological polar surface area (TPSA) is 52.6 Å². The molecule has 1 aliphatic rings. The van der Waals surface area contributed by atoms with Crippen LogP contribution in [0.1, 0.15) is 37.1 Å². The van der Waals surface area contributed by atoms with Crippen LogP contribution in [-0.2, 0) is 13.0 Å². The van der Waals surface area contributed by atoms with Crippen LogP contribution in [0.3, 0.4) is 0 Å². The second-order valence-corrected chi connectivity index (χ2v) is 7.66. The normalized spacial score (nSPS) is 19.6. The number of pyridine rings is 1. The number of likely N-dealkylation sites (tertiary alicyclic amines) is 1. The van der Waals surface area contributed by atoms with Crippen molar-refractivity contribution in [3.63, 3.8) is 0 Å². The van der Waals surface area contributed by atoms with Gasteiger partial charge in [0.15, 0.2) is 5.96 Å². The molecule has 0 saturated carbocycles. The molecule has 2 atom stereocenters. The van der Waals surface area contributed by atoms with Gasteiger partial charge in [-0.3, -0.25) is 14.9 Å². The summed E-state index contributed by atoms with van der Waals surface area (Å²) in [6, 6.07) is 15.9. The lowest BCUT2D eigenvalue weighted by molar-refractivity contribution is 0.258. The van der Waals surface area contributed by atoms with Crippen molar-refractivity contribution in [3.8, 4) is 0 Å². The van der Waals surface area contributed by atoms with Crippen LogP contribution in [0.25, 0.3) is 0 Å². The van der Waals surface area contributed by atoms with E-state index < -0.39 is 0 Å². The van der Waals surface area contributed by atoms with Gasteiger partial charge in [-0.1, -0.05) is 36.4 Å². The number of aromatic nitrogens is 1. The average Bonchev–Trinajstić information content (AvgIpc) is 3.03. The van der Waals surface area contributed by atoms with Crippen molar-refractivity contribution in [1.29, 1.82) is 0 Å². The van der Waals surface area contributed by atoms with Crippen molar-refractivity contribution >= 4 is 29.9 Å². The molecule has 0 amide bonds. The van der Waals surface area contributed by atoms with Gasteiger partial charge in [0.1, 0.15) is 0 Å². The van der Waals surface area contributed by atoms with Gasteiger partial charge in [-0.15, -0.1) is 24.0 Å². The summed E-state index contributed by atoms with van der Waals surface area (Å²) >= 11 is 0. The SMILES string of the molecule is CCNC(=NCCc1ccc(C)nc1)NC1CC(C)N(Cc2ccccc2)C1.I. The van der Waals surface area contributed by atoms with Gasteiger partial charge in [0.25, 0.3) is 0 Å². The van der Waals surface area contributed by atoms with Crippen LogP contribution in [0.4, 0.5) is 0 Å². The first-order chi connectivity index (χ1) is 13.6. The number of aliphatic imine (C=N–C) groups is 1. The molecular weight excluding hydrogens is 473 g/mol. The third-order valence-electron chi connectivity index (χ3n) is 5.26. The molecule has 0 bridgehead atoms. The number of nitrogens with zero attached hydrogens (tertiary/aromatic N) is 3. The zero-order valence-electron chi connectivity index (χ0n) is 17.8. The Morgan fingerprint density at radius 1 is 1.17 bits per heavy atom. The molecule has 2 heterocycles. The zero-order valence-corrected chi connectivity index (χ0v) is 20.1. The van der Waals surface area contributed by atoms with E-state index in [9.17, 15) is 0 Å². The van der Waals surface area contributed by atoms with Gasteiger partial charge in [-0.05, 0) is 50.8 Å². The minimum atomic E-state index is 0. The van der Waals surface area contributed by atoms with Crippen LogP contribution in [0.15, 0.2) is 53.7 Å². The highest BCUT2D eigenvalue weighted by Gasteiger charge is 2.29. The lowest BCUT2D eigenvalue weighted by atomic mass is 10.2. The van der Waals surface area contributed by atoms with Gasteiger partial charge in [0, 0.05) is 50.2 Å². The van der Waals surface area contributed by atoms with E-state index in [2.05, 4.69) is 76.8 Å². The minimum Gasteiger partial charge on any atom is -0.357 e. The highest BCUT2D eigenvalue weighted by atomic mass is 127. The van der Waals surface area contributed by atoms with Gasteiger partial charge in [0.2, 0.25) is 0 Å². The second-order valence-electron chi connectivity index (χ2n) is 7.66. The van der Waals surface area contributed by atoms with Gasteiger partial charge < -0.3 is 10.6 Å². The Morgan fingerprint density at radius 3 is 2.66 bits per heavy atom. The molecule has 0 spiro atoms. The predicted molar refractivity (Wildman–Crippen MR) is 132 cm³/mol. The van der Waals surface area contributed by atoms with E-state index in [0.29, 0.717) is 12.1 Å². The van der Waals surface area contributed by atoms with Crippen LogP contribution in [0, 0.1) is 6.92 Å². The molecule has 158 valence electrons. The summed E-state index contributed by atoms with van der Waals surface area (Å²) in [4.78, 5) is 11.7. The molecule has 1 fully saturated rings. The Labute approximate surface area is 192 Å². The molecular formula is C23H34IN5. The molecule has 1 aliphatic heterocycles. The summed E-state index contributed by atoms with van der Waals surface area (Å²) in [5.41, 5.74) is 3.66. The van der Waals surface area contributed by atoms with Gasteiger partial charge in [0.05, 0.1) is 0 Å². The summed E-state index contributed by atoms with van der Waals surface area (Å²) in [5, 5.41) is 7.03. The summed E-state index contributed by atoms with van der Waals surface area (Å²) in [5.74, 6) is 0.918. The van der Waals surface area contributed by atoms with Crippen LogP contribution >= 0.6 is 24.0 Å². The van der Waals surface area contributed by atoms with Gasteiger partial charge >= 0.3 is 0 Å². The quantitative estimate of drug-likeness (QED) is 0.341. The first-order valence-corrected chi connectivity index (χ1v) is 10.4. The van der Waals surface area contributed by atoms with Gasteiger partial charge in [-0.2, -0.15) is 0 Å². The zero-order chi connectivity index (χ0) is 19.8. The second kappa shape index (κ2) is 12.1. The molecule has 2 aromatic rings. The number of aryl methyl sites for hydroxylation is 1. The number of hydrogen-bond acceptors (Lipinski definition) is 3. The molecule has 1 aromatic carbocycles. The molecule has 2 N–H and O–H groups in total. The van der Waals surface area contributed by atoms with E-state index in [1.54, 1.807) is 0 Å². The number of rotatable bonds is 7. The van der Waals surface area contributed by atoms with Crippen molar-refractivity contribution in [2.45, 2.75) is 52.2 Å². The summed E-state index contributed by atoms with van der Waals surface area (Å²) in [6.07, 6.45) is 4.00. The third-order valence-corrected chi connectivity index (χ3v) is 5.26. The summed E-state index contributed by atoms with van der Waals surface area (Å²) in [6.45, 7) is 10.1. The molecule has 0 radical (unpaired) electrons. The number of hydrogen-bond donors (Lipinski definition) is 2. The summed E-state index contributed by atoms with van der Waals surface area (Å²) in [7, 11) is 0. The van der Waals surface area contributed by atoms with Crippen molar-refractivity contribution in [3.05, 3.63) is 65.5 Å². The number of benzene rings is 1. The highest BCUT2D eigenvalue weighted by Crippen LogP contribution is 2.20. The third kappa shape index (κ3) is 7.59. The van der Waals surface area contributed by atoms with Crippen molar-refractivity contribution < 1.29 is 0 Å². The maximum Gasteiger partial charge on any atom is 0.191 e. The molecule has 1 aromatic heterocycles. The smallest absolute Gasteiger partial charge is 0.191 e. The Kier molecular flexibility index (Phi) is 9.87. The lowest BCUT2D eigenvalue weighted by Gasteiger charge is -2.21. The van der Waals surface area contributed by atoms with Crippen molar-refractivity contribution in [2.24, 2.45) is 4.99 Å². The molecule has 5 nitrogen and oxygen atoms in total. The van der Waals surface area contributed by atoms with Gasteiger partial charge in [-0.25, -0.2) is 0 Å². The maximum atomic E-state index is 4.78. The van der Waals surface area contributed by atoms with E-state index in [0.717, 1.165) is 50.7 Å². The van der Waals surface area contributed by atoms with Crippen LogP contribution in [0.2, 0.25) is 0 Å². The maximum absolute atomic E-state index is 4.78. The molecule has 29 heavy (non-hydrogen) atoms. The van der Waals surface area contributed by atoms with E-state index in [-0.39, 0.29) is 24.0 Å². The van der Waals surface area contributed by atoms with E-state index in [1.807, 2.05) is 13.1 Å². The fraction of sp³-hybridized carbons (Fsp3) is 0.478. The van der Waals surface area contributed by atoms with Crippen molar-refractivity contribution in [1.82, 2.24) is 20.5 Å². The fourth-order valence-electron chi connectivity index (χ4n) is 3.70. The molecule has 3 rings (SSSR count). The Balaban J connectivity index is 0.00000300. The summed E-state index contributed by atoms with van der Waals surface area (Å²) < 4.78 is 0. The van der Waals surface area contributed by atoms with E-state index >= 15 is 0 Å². The predicted octanol–water partition coefficient (Wildman–Crippen LogP) is 3.77. The standard InChI is InChI=1S/C23H33N5.HI/c1-4-24-23(25-13-12-20-11-10-18(2)26-15-20)27-22-14-19(3)28(17-22)16-21-8-6-5-7-9-21;/h5-11,15,19,22H,4,12-14,16-17H2,1-3H3,(H2,24,25,27);1H. The van der Waals surface area contributed by atoms with E-state index in [4.69, 9.17) is 4.99 Å². The molecule has 2 unspecified atom stereocenters. The Morgan fingerprint density at radius 2 is 1.97 bits per heavy atom. The average molecular weight is 507 g/mol. The number of nitrogens with one attached hydrogen (secondary N) is 2. The number of halogens is 1. The largest absolute Gasteiger partial charge is 0.357 e. The Bertz CT molecular complexity index is 748.